The number of esters is 1. The van der Waals surface area contributed by atoms with E-state index in [1.807, 2.05) is 0 Å². The highest BCUT2D eigenvalue weighted by atomic mass is 35.5. The molecule has 0 aliphatic heterocycles. The summed E-state index contributed by atoms with van der Waals surface area (Å²) in [4.78, 5) is 33.1. The maximum absolute atomic E-state index is 13.2. The van der Waals surface area contributed by atoms with E-state index < -0.39 is 36.9 Å². The van der Waals surface area contributed by atoms with Crippen molar-refractivity contribution in [2.45, 2.75) is 45.6 Å². The Hall–Kier alpha value is -3.42. The molecule has 4 rings (SSSR count). The van der Waals surface area contributed by atoms with Gasteiger partial charge in [-0.15, -0.1) is 10.2 Å². The van der Waals surface area contributed by atoms with E-state index in [9.17, 15) is 22.8 Å². The van der Waals surface area contributed by atoms with Gasteiger partial charge in [0.1, 0.15) is 12.2 Å². The summed E-state index contributed by atoms with van der Waals surface area (Å²) < 4.78 is 47.4. The number of rotatable bonds is 8. The molecule has 0 radical (unpaired) electrons. The van der Waals surface area contributed by atoms with E-state index in [1.54, 1.807) is 6.92 Å². The average molecular weight is 605 g/mol. The number of hydrogen-bond donors (Lipinski definition) is 0. The van der Waals surface area contributed by atoms with E-state index in [4.69, 9.17) is 39.5 Å². The van der Waals surface area contributed by atoms with Crippen molar-refractivity contribution in [3.63, 3.8) is 0 Å². The third kappa shape index (κ3) is 6.60. The molecule has 10 nitrogen and oxygen atoms in total. The number of ether oxygens (including phenoxy) is 1. The van der Waals surface area contributed by atoms with Crippen molar-refractivity contribution < 1.29 is 22.7 Å². The summed E-state index contributed by atoms with van der Waals surface area (Å²) in [5.41, 5.74) is -0.225. The Morgan fingerprint density at radius 2 is 1.72 bits per heavy atom. The number of halogens is 6. The number of hydrogen-bond acceptors (Lipinski definition) is 7. The van der Waals surface area contributed by atoms with Gasteiger partial charge in [-0.05, 0) is 31.2 Å². The van der Waals surface area contributed by atoms with Crippen LogP contribution in [0.2, 0.25) is 15.1 Å². The van der Waals surface area contributed by atoms with Gasteiger partial charge in [-0.3, -0.25) is 14.3 Å². The fourth-order valence-electron chi connectivity index (χ4n) is 3.70. The van der Waals surface area contributed by atoms with E-state index in [1.165, 1.54) is 48.3 Å². The van der Waals surface area contributed by atoms with Crippen LogP contribution in [0.25, 0.3) is 17.1 Å². The van der Waals surface area contributed by atoms with Gasteiger partial charge in [0, 0.05) is 36.4 Å². The molecule has 0 saturated heterocycles. The molecular weight excluding hydrogens is 586 g/mol. The zero-order valence-corrected chi connectivity index (χ0v) is 22.6. The molecule has 0 bridgehead atoms. The van der Waals surface area contributed by atoms with Crippen molar-refractivity contribution in [1.82, 2.24) is 34.1 Å². The van der Waals surface area contributed by atoms with Crippen LogP contribution in [0.3, 0.4) is 0 Å². The molecular formula is C23H19Cl3F3N7O3. The third-order valence-corrected chi connectivity index (χ3v) is 6.16. The fraction of sp³-hybridized carbons (Fsp3) is 0.304. The molecule has 4 aromatic rings. The van der Waals surface area contributed by atoms with Gasteiger partial charge >= 0.3 is 17.8 Å². The number of alkyl halides is 3. The molecule has 0 spiro atoms. The Labute approximate surface area is 233 Å². The first-order valence-corrected chi connectivity index (χ1v) is 12.4. The Morgan fingerprint density at radius 1 is 1.08 bits per heavy atom. The largest absolute Gasteiger partial charge is 0.455 e. The summed E-state index contributed by atoms with van der Waals surface area (Å²) in [5, 5.41) is 9.29. The lowest BCUT2D eigenvalue weighted by molar-refractivity contribution is -0.146. The van der Waals surface area contributed by atoms with E-state index >= 15 is 0 Å². The van der Waals surface area contributed by atoms with Gasteiger partial charge in [0.15, 0.2) is 23.6 Å². The molecule has 1 atom stereocenters. The topological polar surface area (TPSA) is 110 Å². The summed E-state index contributed by atoms with van der Waals surface area (Å²) in [7, 11) is 0. The van der Waals surface area contributed by atoms with E-state index in [0.717, 1.165) is 9.25 Å². The zero-order valence-electron chi connectivity index (χ0n) is 20.3. The molecule has 0 N–H and O–H groups in total. The lowest BCUT2D eigenvalue weighted by atomic mass is 10.2. The predicted molar refractivity (Wildman–Crippen MR) is 136 cm³/mol. The van der Waals surface area contributed by atoms with Crippen LogP contribution in [0.15, 0.2) is 41.5 Å². The van der Waals surface area contributed by atoms with Crippen LogP contribution < -0.4 is 5.69 Å². The predicted octanol–water partition coefficient (Wildman–Crippen LogP) is 5.27. The highest BCUT2D eigenvalue weighted by Crippen LogP contribution is 2.30. The van der Waals surface area contributed by atoms with E-state index in [2.05, 4.69) is 20.2 Å². The molecule has 1 aromatic carbocycles. The number of aromatic nitrogens is 7. The molecule has 16 heteroatoms. The van der Waals surface area contributed by atoms with Gasteiger partial charge < -0.3 is 4.74 Å². The van der Waals surface area contributed by atoms with Gasteiger partial charge in [0.2, 0.25) is 0 Å². The fourth-order valence-corrected chi connectivity index (χ4v) is 4.35. The lowest BCUT2D eigenvalue weighted by Crippen LogP contribution is -2.27. The first kappa shape index (κ1) is 28.6. The number of nitrogens with zero attached hydrogens (tertiary/aromatic N) is 7. The number of benzene rings is 1. The third-order valence-electron chi connectivity index (χ3n) is 5.36. The number of carbonyl (C=O) groups is 1. The van der Waals surface area contributed by atoms with Crippen molar-refractivity contribution in [2.24, 2.45) is 0 Å². The highest BCUT2D eigenvalue weighted by Gasteiger charge is 2.29. The lowest BCUT2D eigenvalue weighted by Gasteiger charge is -2.14. The Kier molecular flexibility index (Phi) is 8.33. The van der Waals surface area contributed by atoms with Crippen LogP contribution in [0, 0.1) is 0 Å². The molecule has 3 heterocycles. The molecule has 0 aliphatic carbocycles. The van der Waals surface area contributed by atoms with Crippen molar-refractivity contribution in [3.8, 4) is 17.1 Å². The highest BCUT2D eigenvalue weighted by molar-refractivity contribution is 6.37. The van der Waals surface area contributed by atoms with Gasteiger partial charge in [-0.1, -0.05) is 34.8 Å². The van der Waals surface area contributed by atoms with Crippen molar-refractivity contribution in [1.29, 1.82) is 0 Å². The summed E-state index contributed by atoms with van der Waals surface area (Å²) in [6.45, 7) is 1.78. The van der Waals surface area contributed by atoms with Crippen molar-refractivity contribution >= 4 is 40.8 Å². The van der Waals surface area contributed by atoms with Gasteiger partial charge in [0.25, 0.3) is 0 Å². The molecule has 0 saturated carbocycles. The molecule has 3 aromatic heterocycles. The first-order valence-electron chi connectivity index (χ1n) is 11.3. The zero-order chi connectivity index (χ0) is 28.5. The molecule has 0 aliphatic rings. The molecule has 39 heavy (non-hydrogen) atoms. The first-order chi connectivity index (χ1) is 18.3. The quantitative estimate of drug-likeness (QED) is 0.252. The van der Waals surface area contributed by atoms with Crippen LogP contribution in [0.4, 0.5) is 13.2 Å². The van der Waals surface area contributed by atoms with Crippen molar-refractivity contribution in [3.05, 3.63) is 73.9 Å². The van der Waals surface area contributed by atoms with Crippen LogP contribution in [0.5, 0.6) is 0 Å². The van der Waals surface area contributed by atoms with Crippen LogP contribution in [-0.4, -0.2) is 46.2 Å². The van der Waals surface area contributed by atoms with Crippen LogP contribution >= 0.6 is 34.8 Å². The Bertz CT molecular complexity index is 1550. The molecule has 0 amide bonds. The summed E-state index contributed by atoms with van der Waals surface area (Å²) in [6, 6.07) is 6.14. The van der Waals surface area contributed by atoms with Gasteiger partial charge in [-0.25, -0.2) is 19.1 Å². The monoisotopic (exact) mass is 603 g/mol. The smallest absolute Gasteiger partial charge is 0.390 e. The summed E-state index contributed by atoms with van der Waals surface area (Å²) in [6.07, 6.45) is -3.99. The molecule has 0 fully saturated rings. The van der Waals surface area contributed by atoms with E-state index in [0.29, 0.717) is 10.6 Å². The average Bonchev–Trinajstić information content (AvgIpc) is 3.38. The Balaban J connectivity index is 1.79. The summed E-state index contributed by atoms with van der Waals surface area (Å²) >= 11 is 18.5. The molecule has 206 valence electrons. The van der Waals surface area contributed by atoms with Crippen LogP contribution in [-0.2, 0) is 22.6 Å². The summed E-state index contributed by atoms with van der Waals surface area (Å²) in [5.74, 6) is -0.428. The minimum atomic E-state index is -4.50. The minimum absolute atomic E-state index is 0.00840. The maximum Gasteiger partial charge on any atom is 0.390 e. The maximum atomic E-state index is 13.2. The second kappa shape index (κ2) is 11.4. The SMILES string of the molecule is CC(=O)OC(C)c1nc(Cn2nc(-c3ccc(Cl)cc3)n(CCC(F)(F)F)c2=O)nn1-c1c(Cl)cncc1Cl. The van der Waals surface area contributed by atoms with Gasteiger partial charge in [0.05, 0.1) is 16.5 Å². The van der Waals surface area contributed by atoms with Crippen LogP contribution in [0.1, 0.15) is 38.0 Å². The Morgan fingerprint density at radius 3 is 2.31 bits per heavy atom. The van der Waals surface area contributed by atoms with Crippen molar-refractivity contribution in [2.75, 3.05) is 0 Å². The number of carbonyl (C=O) groups excluding carboxylic acids is 1. The standard InChI is InChI=1S/C23H19Cl3F3N7O3/c1-12(39-13(2)37)20-31-18(32-36(20)19-16(25)9-30-10-17(19)26)11-35-22(38)34(8-7-23(27,28)29)21(33-35)14-3-5-15(24)6-4-14/h3-6,9-10,12H,7-8,11H2,1-2H3. The second-order valence-corrected chi connectivity index (χ2v) is 9.54. The second-order valence-electron chi connectivity index (χ2n) is 8.29. The molecule has 1 unspecified atom stereocenters. The van der Waals surface area contributed by atoms with E-state index in [-0.39, 0.29) is 39.8 Å². The normalized spacial score (nSPS) is 12.5. The van der Waals surface area contributed by atoms with Gasteiger partial charge in [-0.2, -0.15) is 13.2 Å². The number of pyridine rings is 1. The minimum Gasteiger partial charge on any atom is -0.455 e.